The zero-order valence-electron chi connectivity index (χ0n) is 17.1. The van der Waals surface area contributed by atoms with Crippen LogP contribution >= 0.6 is 11.3 Å². The van der Waals surface area contributed by atoms with E-state index in [1.807, 2.05) is 91.9 Å². The Morgan fingerprint density at radius 3 is 2.16 bits per heavy atom. The SMILES string of the molecule is Cc1nc(COc2ccccc2)sc1C(=O)Nc1ccc(OCc2ccccc2)cc1. The predicted molar refractivity (Wildman–Crippen MR) is 123 cm³/mol. The Balaban J connectivity index is 1.33. The summed E-state index contributed by atoms with van der Waals surface area (Å²) in [6.45, 7) is 2.66. The van der Waals surface area contributed by atoms with Crippen molar-refractivity contribution in [3.05, 3.63) is 106 Å². The topological polar surface area (TPSA) is 60.5 Å². The summed E-state index contributed by atoms with van der Waals surface area (Å²) in [6.07, 6.45) is 0. The molecule has 5 nitrogen and oxygen atoms in total. The highest BCUT2D eigenvalue weighted by atomic mass is 32.1. The van der Waals surface area contributed by atoms with E-state index in [0.29, 0.717) is 29.5 Å². The Morgan fingerprint density at radius 2 is 1.45 bits per heavy atom. The Labute approximate surface area is 185 Å². The van der Waals surface area contributed by atoms with Gasteiger partial charge in [-0.1, -0.05) is 48.5 Å². The minimum Gasteiger partial charge on any atom is -0.489 e. The van der Waals surface area contributed by atoms with Gasteiger partial charge in [0.25, 0.3) is 5.91 Å². The molecule has 0 unspecified atom stereocenters. The summed E-state index contributed by atoms with van der Waals surface area (Å²) in [4.78, 5) is 17.8. The molecule has 1 heterocycles. The summed E-state index contributed by atoms with van der Waals surface area (Å²) in [5.74, 6) is 1.34. The monoisotopic (exact) mass is 430 g/mol. The van der Waals surface area contributed by atoms with E-state index in [9.17, 15) is 4.79 Å². The average molecular weight is 431 g/mol. The number of ether oxygens (including phenoxy) is 2. The van der Waals surface area contributed by atoms with Gasteiger partial charge in [0.1, 0.15) is 34.6 Å². The molecule has 0 aliphatic rings. The average Bonchev–Trinajstić information content (AvgIpc) is 3.19. The van der Waals surface area contributed by atoms with Gasteiger partial charge in [0.15, 0.2) is 0 Å². The van der Waals surface area contributed by atoms with Crippen molar-refractivity contribution in [2.45, 2.75) is 20.1 Å². The van der Waals surface area contributed by atoms with Gasteiger partial charge < -0.3 is 14.8 Å². The third-order valence-electron chi connectivity index (χ3n) is 4.51. The molecule has 0 aliphatic carbocycles. The zero-order valence-corrected chi connectivity index (χ0v) is 17.9. The molecule has 156 valence electrons. The first-order chi connectivity index (χ1) is 15.2. The van der Waals surface area contributed by atoms with Crippen LogP contribution in [0.1, 0.15) is 25.9 Å². The van der Waals surface area contributed by atoms with Crippen LogP contribution in [0.15, 0.2) is 84.9 Å². The number of anilines is 1. The fraction of sp³-hybridized carbons (Fsp3) is 0.120. The first-order valence-electron chi connectivity index (χ1n) is 9.90. The lowest BCUT2D eigenvalue weighted by molar-refractivity contribution is 0.103. The summed E-state index contributed by atoms with van der Waals surface area (Å²) >= 11 is 1.34. The van der Waals surface area contributed by atoms with Crippen LogP contribution in [0.25, 0.3) is 0 Å². The Morgan fingerprint density at radius 1 is 0.839 bits per heavy atom. The van der Waals surface area contributed by atoms with Crippen LogP contribution in [-0.4, -0.2) is 10.9 Å². The molecule has 0 saturated heterocycles. The normalized spacial score (nSPS) is 10.5. The van der Waals surface area contributed by atoms with Gasteiger partial charge in [0.05, 0.1) is 5.69 Å². The zero-order chi connectivity index (χ0) is 21.5. The van der Waals surface area contributed by atoms with Crippen molar-refractivity contribution in [3.8, 4) is 11.5 Å². The number of aryl methyl sites for hydroxylation is 1. The summed E-state index contributed by atoms with van der Waals surface area (Å²) in [7, 11) is 0. The molecule has 4 aromatic rings. The number of nitrogens with zero attached hydrogens (tertiary/aromatic N) is 1. The highest BCUT2D eigenvalue weighted by Gasteiger charge is 2.16. The molecule has 31 heavy (non-hydrogen) atoms. The lowest BCUT2D eigenvalue weighted by atomic mass is 10.2. The third-order valence-corrected chi connectivity index (χ3v) is 5.64. The van der Waals surface area contributed by atoms with Crippen LogP contribution in [0.2, 0.25) is 0 Å². The number of benzene rings is 3. The molecule has 1 aromatic heterocycles. The molecule has 3 aromatic carbocycles. The molecule has 1 amide bonds. The fourth-order valence-corrected chi connectivity index (χ4v) is 3.82. The second kappa shape index (κ2) is 9.91. The number of hydrogen-bond donors (Lipinski definition) is 1. The van der Waals surface area contributed by atoms with E-state index in [2.05, 4.69) is 10.3 Å². The Kier molecular flexibility index (Phi) is 6.59. The largest absolute Gasteiger partial charge is 0.489 e. The third kappa shape index (κ3) is 5.71. The van der Waals surface area contributed by atoms with Gasteiger partial charge >= 0.3 is 0 Å². The van der Waals surface area contributed by atoms with E-state index in [-0.39, 0.29) is 5.91 Å². The van der Waals surface area contributed by atoms with Crippen molar-refractivity contribution >= 4 is 22.9 Å². The van der Waals surface area contributed by atoms with E-state index < -0.39 is 0 Å². The first-order valence-corrected chi connectivity index (χ1v) is 10.7. The molecule has 0 radical (unpaired) electrons. The molecule has 0 atom stereocenters. The van der Waals surface area contributed by atoms with Crippen LogP contribution in [0.5, 0.6) is 11.5 Å². The maximum atomic E-state index is 12.7. The Bertz CT molecular complexity index is 1130. The minimum absolute atomic E-state index is 0.182. The number of carbonyl (C=O) groups excluding carboxylic acids is 1. The number of carbonyl (C=O) groups is 1. The van der Waals surface area contributed by atoms with Gasteiger partial charge in [-0.3, -0.25) is 4.79 Å². The Hall–Kier alpha value is -3.64. The lowest BCUT2D eigenvalue weighted by Crippen LogP contribution is -2.11. The highest BCUT2D eigenvalue weighted by molar-refractivity contribution is 7.13. The molecule has 6 heteroatoms. The van der Waals surface area contributed by atoms with Gasteiger partial charge in [-0.05, 0) is 48.9 Å². The molecule has 0 bridgehead atoms. The van der Waals surface area contributed by atoms with Crippen LogP contribution < -0.4 is 14.8 Å². The maximum absolute atomic E-state index is 12.7. The first kappa shape index (κ1) is 20.6. The van der Waals surface area contributed by atoms with Crippen molar-refractivity contribution in [2.24, 2.45) is 0 Å². The van der Waals surface area contributed by atoms with E-state index in [1.54, 1.807) is 0 Å². The standard InChI is InChI=1S/C25H22N2O3S/c1-18-24(31-23(26-18)17-30-21-10-6-3-7-11-21)25(28)27-20-12-14-22(15-13-20)29-16-19-8-4-2-5-9-19/h2-15H,16-17H2,1H3,(H,27,28). The summed E-state index contributed by atoms with van der Waals surface area (Å²) in [5.41, 5.74) is 2.50. The summed E-state index contributed by atoms with van der Waals surface area (Å²) < 4.78 is 11.5. The molecule has 0 spiro atoms. The van der Waals surface area contributed by atoms with E-state index in [0.717, 1.165) is 22.1 Å². The smallest absolute Gasteiger partial charge is 0.267 e. The van der Waals surface area contributed by atoms with Crippen LogP contribution in [-0.2, 0) is 13.2 Å². The van der Waals surface area contributed by atoms with Gasteiger partial charge in [-0.25, -0.2) is 4.98 Å². The van der Waals surface area contributed by atoms with Crippen molar-refractivity contribution in [1.82, 2.24) is 4.98 Å². The van der Waals surface area contributed by atoms with E-state index in [4.69, 9.17) is 9.47 Å². The lowest BCUT2D eigenvalue weighted by Gasteiger charge is -2.08. The summed E-state index contributed by atoms with van der Waals surface area (Å²) in [5, 5.41) is 3.68. The number of amides is 1. The van der Waals surface area contributed by atoms with Crippen LogP contribution in [0.3, 0.4) is 0 Å². The van der Waals surface area contributed by atoms with E-state index in [1.165, 1.54) is 11.3 Å². The predicted octanol–water partition coefficient (Wildman–Crippen LogP) is 5.86. The molecule has 0 saturated carbocycles. The number of nitrogens with one attached hydrogen (secondary N) is 1. The second-order valence-corrected chi connectivity index (χ2v) is 7.96. The molecule has 4 rings (SSSR count). The molecule has 1 N–H and O–H groups in total. The minimum atomic E-state index is -0.182. The number of para-hydroxylation sites is 1. The van der Waals surface area contributed by atoms with Crippen LogP contribution in [0, 0.1) is 6.92 Å². The second-order valence-electron chi connectivity index (χ2n) is 6.88. The molecule has 0 fully saturated rings. The quantitative estimate of drug-likeness (QED) is 0.380. The van der Waals surface area contributed by atoms with Crippen molar-refractivity contribution in [3.63, 3.8) is 0 Å². The molecular weight excluding hydrogens is 408 g/mol. The van der Waals surface area contributed by atoms with Crippen molar-refractivity contribution in [1.29, 1.82) is 0 Å². The van der Waals surface area contributed by atoms with Crippen LogP contribution in [0.4, 0.5) is 5.69 Å². The van der Waals surface area contributed by atoms with E-state index >= 15 is 0 Å². The van der Waals surface area contributed by atoms with Gasteiger partial charge in [0, 0.05) is 5.69 Å². The number of hydrogen-bond acceptors (Lipinski definition) is 5. The number of aromatic nitrogens is 1. The fourth-order valence-electron chi connectivity index (χ4n) is 2.95. The van der Waals surface area contributed by atoms with Crippen molar-refractivity contribution in [2.75, 3.05) is 5.32 Å². The molecular formula is C25H22N2O3S. The molecule has 0 aliphatic heterocycles. The highest BCUT2D eigenvalue weighted by Crippen LogP contribution is 2.23. The number of thiazole rings is 1. The van der Waals surface area contributed by atoms with Gasteiger partial charge in [0.2, 0.25) is 0 Å². The maximum Gasteiger partial charge on any atom is 0.267 e. The summed E-state index contributed by atoms with van der Waals surface area (Å²) in [6, 6.07) is 26.9. The van der Waals surface area contributed by atoms with Crippen molar-refractivity contribution < 1.29 is 14.3 Å². The number of rotatable bonds is 8. The van der Waals surface area contributed by atoms with Gasteiger partial charge in [-0.2, -0.15) is 0 Å². The van der Waals surface area contributed by atoms with Gasteiger partial charge in [-0.15, -0.1) is 11.3 Å².